The lowest BCUT2D eigenvalue weighted by Gasteiger charge is -2.36. The zero-order valence-electron chi connectivity index (χ0n) is 10.8. The van der Waals surface area contributed by atoms with Gasteiger partial charge in [0.05, 0.1) is 16.8 Å². The van der Waals surface area contributed by atoms with Gasteiger partial charge in [0, 0.05) is 26.2 Å². The van der Waals surface area contributed by atoms with Gasteiger partial charge in [-0.25, -0.2) is 9.37 Å². The number of thiazole rings is 1. The number of anilines is 2. The number of hydrogen-bond donors (Lipinski definition) is 0. The topological polar surface area (TPSA) is 36.4 Å². The van der Waals surface area contributed by atoms with Gasteiger partial charge < -0.3 is 9.80 Å². The van der Waals surface area contributed by atoms with Gasteiger partial charge in [-0.1, -0.05) is 23.5 Å². The standard InChI is InChI=1S/C14H14FN3OS/c15-12-3-1-2-4-13(12)17-5-7-18(8-6-17)14-16-9-11(10-19)20-14/h1-4,9-10H,5-8H2. The molecule has 1 aromatic heterocycles. The van der Waals surface area contributed by atoms with Gasteiger partial charge >= 0.3 is 0 Å². The maximum absolute atomic E-state index is 13.7. The van der Waals surface area contributed by atoms with Crippen LogP contribution in [0.2, 0.25) is 0 Å². The fourth-order valence-corrected chi connectivity index (χ4v) is 3.11. The fourth-order valence-electron chi connectivity index (χ4n) is 2.32. The molecule has 2 heterocycles. The number of rotatable bonds is 3. The Labute approximate surface area is 120 Å². The summed E-state index contributed by atoms with van der Waals surface area (Å²) in [6.45, 7) is 3.05. The zero-order chi connectivity index (χ0) is 13.9. The highest BCUT2D eigenvalue weighted by atomic mass is 32.1. The van der Waals surface area contributed by atoms with E-state index >= 15 is 0 Å². The summed E-state index contributed by atoms with van der Waals surface area (Å²) in [7, 11) is 0. The van der Waals surface area contributed by atoms with Crippen molar-refractivity contribution in [2.75, 3.05) is 36.0 Å². The van der Waals surface area contributed by atoms with Crippen molar-refractivity contribution < 1.29 is 9.18 Å². The van der Waals surface area contributed by atoms with Crippen LogP contribution in [-0.2, 0) is 0 Å². The number of halogens is 1. The summed E-state index contributed by atoms with van der Waals surface area (Å²) in [4.78, 5) is 19.7. The van der Waals surface area contributed by atoms with Crippen molar-refractivity contribution >= 4 is 28.4 Å². The number of piperazine rings is 1. The van der Waals surface area contributed by atoms with E-state index in [0.29, 0.717) is 10.6 Å². The molecular weight excluding hydrogens is 277 g/mol. The molecule has 0 amide bonds. The quantitative estimate of drug-likeness (QED) is 0.814. The molecule has 0 bridgehead atoms. The largest absolute Gasteiger partial charge is 0.366 e. The van der Waals surface area contributed by atoms with Crippen molar-refractivity contribution in [3.8, 4) is 0 Å². The lowest BCUT2D eigenvalue weighted by Crippen LogP contribution is -2.46. The van der Waals surface area contributed by atoms with Gasteiger partial charge in [0.2, 0.25) is 0 Å². The predicted octanol–water partition coefficient (Wildman–Crippen LogP) is 2.42. The van der Waals surface area contributed by atoms with Crippen LogP contribution in [0.25, 0.3) is 0 Å². The minimum Gasteiger partial charge on any atom is -0.366 e. The summed E-state index contributed by atoms with van der Waals surface area (Å²) in [5.41, 5.74) is 0.653. The molecule has 104 valence electrons. The number of hydrogen-bond acceptors (Lipinski definition) is 5. The summed E-state index contributed by atoms with van der Waals surface area (Å²) in [5, 5.41) is 0.861. The van der Waals surface area contributed by atoms with Crippen molar-refractivity contribution in [3.63, 3.8) is 0 Å². The first-order valence-electron chi connectivity index (χ1n) is 6.43. The highest BCUT2D eigenvalue weighted by Crippen LogP contribution is 2.25. The first-order chi connectivity index (χ1) is 9.78. The minimum atomic E-state index is -0.182. The van der Waals surface area contributed by atoms with Gasteiger partial charge in [0.15, 0.2) is 11.4 Å². The zero-order valence-corrected chi connectivity index (χ0v) is 11.6. The van der Waals surface area contributed by atoms with E-state index in [2.05, 4.69) is 9.88 Å². The maximum atomic E-state index is 13.7. The molecule has 0 N–H and O–H groups in total. The molecule has 4 nitrogen and oxygen atoms in total. The van der Waals surface area contributed by atoms with E-state index in [0.717, 1.165) is 37.6 Å². The van der Waals surface area contributed by atoms with Crippen molar-refractivity contribution in [3.05, 3.63) is 41.2 Å². The van der Waals surface area contributed by atoms with Gasteiger partial charge in [-0.3, -0.25) is 4.79 Å². The van der Waals surface area contributed by atoms with Gasteiger partial charge in [-0.15, -0.1) is 0 Å². The molecule has 1 aromatic carbocycles. The van der Waals surface area contributed by atoms with E-state index in [1.807, 2.05) is 11.0 Å². The van der Waals surface area contributed by atoms with E-state index in [4.69, 9.17) is 0 Å². The van der Waals surface area contributed by atoms with Gasteiger partial charge in [0.1, 0.15) is 5.82 Å². The number of carbonyl (C=O) groups is 1. The average Bonchev–Trinajstić information content (AvgIpc) is 2.97. The normalized spacial score (nSPS) is 15.4. The third-order valence-corrected chi connectivity index (χ3v) is 4.35. The second-order valence-corrected chi connectivity index (χ2v) is 5.63. The monoisotopic (exact) mass is 291 g/mol. The Morgan fingerprint density at radius 3 is 2.50 bits per heavy atom. The first-order valence-corrected chi connectivity index (χ1v) is 7.25. The molecule has 0 saturated carbocycles. The molecule has 1 fully saturated rings. The highest BCUT2D eigenvalue weighted by Gasteiger charge is 2.21. The smallest absolute Gasteiger partial charge is 0.186 e. The van der Waals surface area contributed by atoms with Crippen molar-refractivity contribution in [1.29, 1.82) is 0 Å². The van der Waals surface area contributed by atoms with Crippen molar-refractivity contribution in [1.82, 2.24) is 4.98 Å². The molecule has 1 aliphatic heterocycles. The summed E-state index contributed by atoms with van der Waals surface area (Å²) in [5.74, 6) is -0.182. The molecule has 6 heteroatoms. The summed E-state index contributed by atoms with van der Waals surface area (Å²) in [6, 6.07) is 6.84. The molecule has 0 aliphatic carbocycles. The predicted molar refractivity (Wildman–Crippen MR) is 78.3 cm³/mol. The van der Waals surface area contributed by atoms with Crippen LogP contribution in [0, 0.1) is 5.82 Å². The van der Waals surface area contributed by atoms with Crippen molar-refractivity contribution in [2.45, 2.75) is 0 Å². The number of aromatic nitrogens is 1. The SMILES string of the molecule is O=Cc1cnc(N2CCN(c3ccccc3F)CC2)s1. The lowest BCUT2D eigenvalue weighted by molar-refractivity contribution is 0.112. The maximum Gasteiger partial charge on any atom is 0.186 e. The van der Waals surface area contributed by atoms with Gasteiger partial charge in [-0.2, -0.15) is 0 Å². The van der Waals surface area contributed by atoms with E-state index in [9.17, 15) is 9.18 Å². The van der Waals surface area contributed by atoms with Crippen LogP contribution in [0.1, 0.15) is 9.67 Å². The molecule has 2 aromatic rings. The molecule has 0 atom stereocenters. The van der Waals surface area contributed by atoms with Gasteiger partial charge in [0.25, 0.3) is 0 Å². The van der Waals surface area contributed by atoms with Crippen LogP contribution in [0.5, 0.6) is 0 Å². The Kier molecular flexibility index (Phi) is 3.64. The van der Waals surface area contributed by atoms with E-state index in [-0.39, 0.29) is 5.82 Å². The summed E-state index contributed by atoms with van der Waals surface area (Å²) >= 11 is 1.39. The van der Waals surface area contributed by atoms with Crippen LogP contribution in [-0.4, -0.2) is 37.4 Å². The van der Waals surface area contributed by atoms with Crippen LogP contribution >= 0.6 is 11.3 Å². The van der Waals surface area contributed by atoms with Crippen molar-refractivity contribution in [2.24, 2.45) is 0 Å². The average molecular weight is 291 g/mol. The molecule has 3 rings (SSSR count). The van der Waals surface area contributed by atoms with E-state index in [1.165, 1.54) is 17.4 Å². The molecule has 20 heavy (non-hydrogen) atoms. The number of aldehydes is 1. The van der Waals surface area contributed by atoms with Crippen LogP contribution in [0.15, 0.2) is 30.5 Å². The second kappa shape index (κ2) is 5.58. The van der Waals surface area contributed by atoms with Gasteiger partial charge in [-0.05, 0) is 12.1 Å². The number of nitrogens with zero attached hydrogens (tertiary/aromatic N) is 3. The molecule has 0 spiro atoms. The molecular formula is C14H14FN3OS. The first kappa shape index (κ1) is 13.1. The molecule has 1 aliphatic rings. The highest BCUT2D eigenvalue weighted by molar-refractivity contribution is 7.17. The summed E-state index contributed by atoms with van der Waals surface area (Å²) in [6.07, 6.45) is 2.41. The van der Waals surface area contributed by atoms with E-state index < -0.39 is 0 Å². The minimum absolute atomic E-state index is 0.182. The van der Waals surface area contributed by atoms with E-state index in [1.54, 1.807) is 18.3 Å². The Morgan fingerprint density at radius 1 is 1.15 bits per heavy atom. The molecule has 0 unspecified atom stereocenters. The Bertz CT molecular complexity index is 608. The third-order valence-electron chi connectivity index (χ3n) is 3.37. The summed E-state index contributed by atoms with van der Waals surface area (Å²) < 4.78 is 13.7. The number of para-hydroxylation sites is 1. The Hall–Kier alpha value is -1.95. The number of carbonyl (C=O) groups excluding carboxylic acids is 1. The van der Waals surface area contributed by atoms with Crippen LogP contribution in [0.4, 0.5) is 15.2 Å². The molecule has 1 saturated heterocycles. The Morgan fingerprint density at radius 2 is 1.85 bits per heavy atom. The fraction of sp³-hybridized carbons (Fsp3) is 0.286. The molecule has 0 radical (unpaired) electrons. The number of benzene rings is 1. The van der Waals surface area contributed by atoms with Crippen LogP contribution in [0.3, 0.4) is 0 Å². The lowest BCUT2D eigenvalue weighted by atomic mass is 10.2. The third kappa shape index (κ3) is 2.51. The second-order valence-electron chi connectivity index (χ2n) is 4.59. The Balaban J connectivity index is 1.68. The van der Waals surface area contributed by atoms with Crippen LogP contribution < -0.4 is 9.80 Å².